The summed E-state index contributed by atoms with van der Waals surface area (Å²) in [6.45, 7) is 44.5. The summed E-state index contributed by atoms with van der Waals surface area (Å²) in [6, 6.07) is 70.9. The third-order valence-corrected chi connectivity index (χ3v) is 20.4. The second-order valence-corrected chi connectivity index (χ2v) is 34.9. The van der Waals surface area contributed by atoms with Crippen molar-refractivity contribution in [3.8, 4) is 11.5 Å². The number of rotatable bonds is 34. The summed E-state index contributed by atoms with van der Waals surface area (Å²) in [7, 11) is 0. The summed E-state index contributed by atoms with van der Waals surface area (Å²) in [6.07, 6.45) is 17.0. The van der Waals surface area contributed by atoms with Crippen LogP contribution in [0.5, 0.6) is 11.5 Å². The number of ether oxygens (including phenoxy) is 10. The number of hydrogen-bond donors (Lipinski definition) is 0. The molecule has 0 saturated heterocycles. The van der Waals surface area contributed by atoms with Crippen LogP contribution in [0.25, 0.3) is 0 Å². The zero-order chi connectivity index (χ0) is 80.8. The first-order valence-electron chi connectivity index (χ1n) is 39.6. The normalized spacial score (nSPS) is 14.1. The third-order valence-electron chi connectivity index (χ3n) is 20.4. The Balaban J connectivity index is 0.000000281. The molecule has 600 valence electrons. The van der Waals surface area contributed by atoms with Crippen LogP contribution in [0.1, 0.15) is 203 Å². The number of carbonyl (C=O) groups excluding carboxylic acids is 2. The maximum Gasteiger partial charge on any atom is 2.00 e. The molecule has 2 aliphatic carbocycles. The molecule has 10 radical (unpaired) electrons. The van der Waals surface area contributed by atoms with Crippen LogP contribution < -0.4 is 9.47 Å². The molecule has 8 aromatic carbocycles. The van der Waals surface area contributed by atoms with Gasteiger partial charge in [-0.1, -0.05) is 294 Å². The van der Waals surface area contributed by atoms with E-state index in [4.69, 9.17) is 47.4 Å². The summed E-state index contributed by atoms with van der Waals surface area (Å²) >= 11 is 0. The Morgan fingerprint density at radius 2 is 0.389 bits per heavy atom. The van der Waals surface area contributed by atoms with Gasteiger partial charge in [-0.05, 0) is 160 Å². The Labute approximate surface area is 689 Å². The first-order chi connectivity index (χ1) is 53.2. The molecule has 0 atom stereocenters. The van der Waals surface area contributed by atoms with Gasteiger partial charge in [0, 0.05) is 25.7 Å². The van der Waals surface area contributed by atoms with Gasteiger partial charge in [0.25, 0.3) is 0 Å². The molecule has 0 spiro atoms. The second kappa shape index (κ2) is 41.4. The van der Waals surface area contributed by atoms with Crippen LogP contribution in [0.15, 0.2) is 194 Å². The first-order valence-corrected chi connectivity index (χ1v) is 39.6. The summed E-state index contributed by atoms with van der Waals surface area (Å²) in [4.78, 5) is 25.1. The molecule has 113 heavy (non-hydrogen) atoms. The molecule has 0 amide bonds. The molecule has 13 heteroatoms. The summed E-state index contributed by atoms with van der Waals surface area (Å²) < 4.78 is 55.8. The van der Waals surface area contributed by atoms with Crippen LogP contribution in [0, 0.1) is 63.6 Å². The molecule has 2 saturated carbocycles. The van der Waals surface area contributed by atoms with E-state index in [1.54, 1.807) is 0 Å². The minimum Gasteiger partial charge on any atom is -0.482 e. The van der Waals surface area contributed by atoms with Gasteiger partial charge in [0.15, 0.2) is 13.2 Å². The zero-order valence-corrected chi connectivity index (χ0v) is 71.4. The molecule has 8 aromatic rings. The maximum absolute atomic E-state index is 12.6. The number of benzene rings is 8. The van der Waals surface area contributed by atoms with Crippen LogP contribution >= 0.6 is 0 Å². The van der Waals surface area contributed by atoms with Gasteiger partial charge in [-0.2, -0.15) is 0 Å². The van der Waals surface area contributed by atoms with Gasteiger partial charge in [0.05, 0.1) is 76.9 Å². The molecule has 0 N–H and O–H groups in total. The maximum atomic E-state index is 12.6. The molecule has 2 aliphatic rings. The van der Waals surface area contributed by atoms with Gasteiger partial charge in [0.1, 0.15) is 36.9 Å². The summed E-state index contributed by atoms with van der Waals surface area (Å²) in [5.74, 6) is 0.267. The second-order valence-electron chi connectivity index (χ2n) is 34.9. The molecule has 12 nitrogen and oxygen atoms in total. The van der Waals surface area contributed by atoms with Crippen molar-refractivity contribution in [3.63, 3.8) is 0 Å². The van der Waals surface area contributed by atoms with Crippen molar-refractivity contribution in [1.29, 1.82) is 0 Å². The quantitative estimate of drug-likeness (QED) is 0.0165. The molecule has 0 aromatic heterocycles. The molecule has 2 fully saturated rings. The minimum absolute atomic E-state index is 0. The number of esters is 2. The van der Waals surface area contributed by atoms with E-state index in [1.807, 2.05) is 75.6 Å². The van der Waals surface area contributed by atoms with Crippen LogP contribution in [0.4, 0.5) is 0 Å². The smallest absolute Gasteiger partial charge is 0.482 e. The van der Waals surface area contributed by atoms with Gasteiger partial charge in [-0.25, -0.2) is 9.59 Å². The van der Waals surface area contributed by atoms with Crippen molar-refractivity contribution in [2.24, 2.45) is 0 Å². The summed E-state index contributed by atoms with van der Waals surface area (Å²) in [5.41, 5.74) is 15.8. The fraction of sp³-hybridized carbons (Fsp3) is 0.400. The Kier molecular flexibility index (Phi) is 33.4. The Morgan fingerprint density at radius 1 is 0.221 bits per heavy atom. The molecular formula is C100H122FeO12+2. The molecule has 0 heterocycles. The van der Waals surface area contributed by atoms with E-state index in [2.05, 4.69) is 294 Å². The number of hydrogen-bond acceptors (Lipinski definition) is 12. The van der Waals surface area contributed by atoms with Crippen molar-refractivity contribution >= 4 is 11.9 Å². The fourth-order valence-corrected chi connectivity index (χ4v) is 13.7. The minimum atomic E-state index is -0.636. The molecule has 10 rings (SSSR count). The first kappa shape index (κ1) is 91.1. The number of carbonyl (C=O) groups is 2. The van der Waals surface area contributed by atoms with Gasteiger partial charge in [0.2, 0.25) is 0 Å². The van der Waals surface area contributed by atoms with Crippen molar-refractivity contribution < 1.29 is 74.0 Å². The van der Waals surface area contributed by atoms with E-state index in [9.17, 15) is 9.59 Å². The van der Waals surface area contributed by atoms with Gasteiger partial charge < -0.3 is 47.4 Å². The van der Waals surface area contributed by atoms with E-state index in [0.29, 0.717) is 64.4 Å². The zero-order valence-electron chi connectivity index (χ0n) is 70.2. The predicted molar refractivity (Wildman–Crippen MR) is 451 cm³/mol. The van der Waals surface area contributed by atoms with Crippen molar-refractivity contribution in [2.45, 2.75) is 168 Å². The monoisotopic (exact) mass is 1570 g/mol. The van der Waals surface area contributed by atoms with Gasteiger partial charge in [-0.3, -0.25) is 0 Å². The molecule has 0 bridgehead atoms. The Morgan fingerprint density at radius 3 is 0.584 bits per heavy atom. The third kappa shape index (κ3) is 25.8. The van der Waals surface area contributed by atoms with E-state index >= 15 is 0 Å². The van der Waals surface area contributed by atoms with Crippen molar-refractivity contribution in [3.05, 3.63) is 336 Å². The van der Waals surface area contributed by atoms with E-state index in [-0.39, 0.29) is 89.2 Å². The van der Waals surface area contributed by atoms with Crippen LogP contribution in [0.2, 0.25) is 0 Å². The van der Waals surface area contributed by atoms with Crippen molar-refractivity contribution in [1.82, 2.24) is 0 Å². The van der Waals surface area contributed by atoms with Crippen molar-refractivity contribution in [2.75, 3.05) is 92.5 Å². The van der Waals surface area contributed by atoms with E-state index < -0.39 is 22.8 Å². The topological polar surface area (TPSA) is 126 Å². The molecular weight excluding hydrogens is 1450 g/mol. The predicted octanol–water partition coefficient (Wildman–Crippen LogP) is 20.6. The Bertz CT molecular complexity index is 3560. The molecule has 0 aliphatic heterocycles. The van der Waals surface area contributed by atoms with Gasteiger partial charge in [-0.15, -0.1) is 0 Å². The average molecular weight is 1570 g/mol. The van der Waals surface area contributed by atoms with Crippen LogP contribution in [0.3, 0.4) is 0 Å². The standard InChI is InChI=1S/2C50H61O6.Fe/c2*1-47(2,3)37-14-20-40(21-15-37)50(41-22-16-38(17-23-41)48(4,5)6,42-24-18-39(19-25-42)49(7,8)9)43-26-28-45(29-27-43)56-36-46(51)55-35-33-53-31-30-52-32-34-54-44-12-10-11-13-44;/h2*10-29H,30-36H2,1-9H3;/q;;+2. The van der Waals surface area contributed by atoms with E-state index in [1.165, 1.54) is 66.8 Å². The van der Waals surface area contributed by atoms with Gasteiger partial charge >= 0.3 is 29.0 Å². The average Bonchev–Trinajstić information content (AvgIpc) is 0.894. The molecule has 0 unspecified atom stereocenters. The van der Waals surface area contributed by atoms with Crippen LogP contribution in [-0.2, 0) is 108 Å². The van der Waals surface area contributed by atoms with Crippen LogP contribution in [-0.4, -0.2) is 104 Å². The SMILES string of the molecule is CC(C)(C)c1ccc(C(c2ccc(OCC(=O)OCCOCCOCCO[C]3[CH][CH][CH][CH]3)cc2)(c2ccc(C(C)(C)C)cc2)c2ccc(C(C)(C)C)cc2)cc1.CC(C)(C)c1ccc(C(c2ccc(OCC(=O)OCCOCCOCCO[C]3[CH][CH][CH][CH]3)cc2)(c2ccc(C(C)(C)C)cc2)c2ccc(C(C)(C)C)cc2)cc1.[Fe+2]. The largest absolute Gasteiger partial charge is 2.00 e. The fourth-order valence-electron chi connectivity index (χ4n) is 13.7. The Hall–Kier alpha value is -7.42. The summed E-state index contributed by atoms with van der Waals surface area (Å²) in [5, 5.41) is 0. The van der Waals surface area contributed by atoms with E-state index in [0.717, 1.165) is 23.3 Å².